The highest BCUT2D eigenvalue weighted by Gasteiger charge is 2.38. The van der Waals surface area contributed by atoms with Gasteiger partial charge in [0.25, 0.3) is 0 Å². The Morgan fingerprint density at radius 1 is 1.13 bits per heavy atom. The molecule has 0 aromatic heterocycles. The first-order chi connectivity index (χ1) is 7.06. The van der Waals surface area contributed by atoms with Gasteiger partial charge in [-0.3, -0.25) is 0 Å². The van der Waals surface area contributed by atoms with Gasteiger partial charge in [0, 0.05) is 0 Å². The molecule has 0 N–H and O–H groups in total. The minimum atomic E-state index is 0.407. The van der Waals surface area contributed by atoms with E-state index in [1.807, 2.05) is 0 Å². The van der Waals surface area contributed by atoms with Crippen LogP contribution >= 0.6 is 0 Å². The number of hydrogen-bond acceptors (Lipinski definition) is 1. The van der Waals surface area contributed by atoms with Crippen LogP contribution in [0.3, 0.4) is 0 Å². The van der Waals surface area contributed by atoms with Crippen molar-refractivity contribution in [1.29, 1.82) is 0 Å². The normalized spacial score (nSPS) is 29.6. The maximum atomic E-state index is 5.98. The third-order valence-corrected chi connectivity index (χ3v) is 3.65. The largest absolute Gasteiger partial charge is 0.375 e. The average Bonchev–Trinajstić information content (AvgIpc) is 2.39. The van der Waals surface area contributed by atoms with E-state index >= 15 is 0 Å². The van der Waals surface area contributed by atoms with Gasteiger partial charge in [-0.1, -0.05) is 52.9 Å². The number of ether oxygens (including phenoxy) is 1. The lowest BCUT2D eigenvalue weighted by Crippen LogP contribution is -2.24. The van der Waals surface area contributed by atoms with Crippen molar-refractivity contribution in [3.05, 3.63) is 0 Å². The van der Waals surface area contributed by atoms with E-state index in [0.717, 1.165) is 0 Å². The maximum absolute atomic E-state index is 5.98. The Labute approximate surface area is 95.6 Å². The third-order valence-electron chi connectivity index (χ3n) is 3.65. The molecule has 0 radical (unpaired) electrons. The summed E-state index contributed by atoms with van der Waals surface area (Å²) in [6.45, 7) is 9.18. The van der Waals surface area contributed by atoms with Crippen molar-refractivity contribution < 1.29 is 4.74 Å². The summed E-state index contributed by atoms with van der Waals surface area (Å²) in [4.78, 5) is 0. The highest BCUT2D eigenvalue weighted by molar-refractivity contribution is 4.87. The second-order valence-electron chi connectivity index (χ2n) is 5.83. The van der Waals surface area contributed by atoms with Gasteiger partial charge in [-0.15, -0.1) is 0 Å². The van der Waals surface area contributed by atoms with Crippen LogP contribution in [0, 0.1) is 5.41 Å². The van der Waals surface area contributed by atoms with Gasteiger partial charge in [0.2, 0.25) is 0 Å². The van der Waals surface area contributed by atoms with Crippen molar-refractivity contribution in [3.63, 3.8) is 0 Å². The number of rotatable bonds is 6. The lowest BCUT2D eigenvalue weighted by atomic mass is 9.82. The molecule has 1 aliphatic heterocycles. The lowest BCUT2D eigenvalue weighted by molar-refractivity contribution is 0.0203. The summed E-state index contributed by atoms with van der Waals surface area (Å²) in [5.41, 5.74) is 0.407. The van der Waals surface area contributed by atoms with Crippen molar-refractivity contribution in [1.82, 2.24) is 0 Å². The van der Waals surface area contributed by atoms with E-state index in [-0.39, 0.29) is 0 Å². The molecule has 1 heteroatoms. The smallest absolute Gasteiger partial charge is 0.0630 e. The van der Waals surface area contributed by atoms with Crippen molar-refractivity contribution >= 4 is 0 Å². The van der Waals surface area contributed by atoms with Crippen LogP contribution in [-0.2, 0) is 4.74 Å². The molecular weight excluding hydrogens is 184 g/mol. The highest BCUT2D eigenvalue weighted by Crippen LogP contribution is 2.40. The molecule has 0 aromatic rings. The molecule has 1 fully saturated rings. The molecule has 0 amide bonds. The topological polar surface area (TPSA) is 9.23 Å². The van der Waals surface area contributed by atoms with Gasteiger partial charge in [-0.2, -0.15) is 0 Å². The zero-order valence-corrected chi connectivity index (χ0v) is 11.0. The van der Waals surface area contributed by atoms with Crippen LogP contribution in [0.2, 0.25) is 0 Å². The maximum Gasteiger partial charge on any atom is 0.0630 e. The number of unbranched alkanes of at least 4 members (excludes halogenated alkanes) is 4. The molecule has 0 aromatic carbocycles. The van der Waals surface area contributed by atoms with Crippen LogP contribution in [-0.4, -0.2) is 12.2 Å². The summed E-state index contributed by atoms with van der Waals surface area (Å²) in [6.07, 6.45) is 10.3. The zero-order valence-electron chi connectivity index (χ0n) is 11.0. The Balaban J connectivity index is 2.15. The van der Waals surface area contributed by atoms with Crippen LogP contribution in [0.5, 0.6) is 0 Å². The average molecular weight is 212 g/mol. The van der Waals surface area contributed by atoms with E-state index in [2.05, 4.69) is 27.7 Å². The molecule has 0 saturated carbocycles. The van der Waals surface area contributed by atoms with Crippen molar-refractivity contribution in [2.75, 3.05) is 0 Å². The summed E-state index contributed by atoms with van der Waals surface area (Å²) >= 11 is 0. The molecule has 2 atom stereocenters. The standard InChI is InChI=1S/C14H28O/c1-5-6-7-8-9-10-13-14(3,4)11-12(2)15-13/h12-13H,5-11H2,1-4H3. The first-order valence-electron chi connectivity index (χ1n) is 6.71. The summed E-state index contributed by atoms with van der Waals surface area (Å²) in [7, 11) is 0. The van der Waals surface area contributed by atoms with Crippen LogP contribution in [0.25, 0.3) is 0 Å². The Morgan fingerprint density at radius 3 is 2.33 bits per heavy atom. The third kappa shape index (κ3) is 4.14. The Hall–Kier alpha value is -0.0400. The quantitative estimate of drug-likeness (QED) is 0.587. The molecule has 1 aliphatic rings. The Kier molecular flexibility index (Phi) is 5.11. The van der Waals surface area contributed by atoms with Crippen LogP contribution in [0.1, 0.15) is 72.6 Å². The van der Waals surface area contributed by atoms with Crippen LogP contribution in [0.15, 0.2) is 0 Å². The molecule has 1 rings (SSSR count). The first kappa shape index (κ1) is 13.0. The van der Waals surface area contributed by atoms with Gasteiger partial charge in [0.15, 0.2) is 0 Å². The molecule has 1 nitrogen and oxygen atoms in total. The fourth-order valence-corrected chi connectivity index (χ4v) is 2.78. The predicted molar refractivity (Wildman–Crippen MR) is 66.1 cm³/mol. The van der Waals surface area contributed by atoms with Crippen molar-refractivity contribution in [3.8, 4) is 0 Å². The van der Waals surface area contributed by atoms with Gasteiger partial charge < -0.3 is 4.74 Å². The highest BCUT2D eigenvalue weighted by atomic mass is 16.5. The van der Waals surface area contributed by atoms with E-state index in [1.165, 1.54) is 44.9 Å². The fourth-order valence-electron chi connectivity index (χ4n) is 2.78. The van der Waals surface area contributed by atoms with E-state index in [0.29, 0.717) is 17.6 Å². The van der Waals surface area contributed by atoms with Gasteiger partial charge in [0.1, 0.15) is 0 Å². The van der Waals surface area contributed by atoms with Gasteiger partial charge in [-0.05, 0) is 25.2 Å². The van der Waals surface area contributed by atoms with Gasteiger partial charge >= 0.3 is 0 Å². The molecule has 0 aliphatic carbocycles. The van der Waals surface area contributed by atoms with Crippen molar-refractivity contribution in [2.24, 2.45) is 5.41 Å². The molecule has 90 valence electrons. The second kappa shape index (κ2) is 5.89. The number of hydrogen-bond donors (Lipinski definition) is 0. The molecule has 2 unspecified atom stereocenters. The lowest BCUT2D eigenvalue weighted by Gasteiger charge is -2.25. The molecular formula is C14H28O. The molecule has 15 heavy (non-hydrogen) atoms. The first-order valence-corrected chi connectivity index (χ1v) is 6.71. The summed E-state index contributed by atoms with van der Waals surface area (Å²) in [5, 5.41) is 0. The van der Waals surface area contributed by atoms with E-state index < -0.39 is 0 Å². The second-order valence-corrected chi connectivity index (χ2v) is 5.83. The molecule has 1 heterocycles. The molecule has 1 saturated heterocycles. The minimum absolute atomic E-state index is 0.407. The SMILES string of the molecule is CCCCCCCC1OC(C)CC1(C)C. The monoisotopic (exact) mass is 212 g/mol. The minimum Gasteiger partial charge on any atom is -0.375 e. The zero-order chi connectivity index (χ0) is 11.3. The summed E-state index contributed by atoms with van der Waals surface area (Å²) in [5.74, 6) is 0. The van der Waals surface area contributed by atoms with Crippen LogP contribution < -0.4 is 0 Å². The van der Waals surface area contributed by atoms with E-state index in [1.54, 1.807) is 0 Å². The molecule has 0 spiro atoms. The molecule has 0 bridgehead atoms. The Morgan fingerprint density at radius 2 is 1.80 bits per heavy atom. The van der Waals surface area contributed by atoms with Crippen molar-refractivity contribution in [2.45, 2.75) is 84.8 Å². The van der Waals surface area contributed by atoms with E-state index in [9.17, 15) is 0 Å². The van der Waals surface area contributed by atoms with Gasteiger partial charge in [0.05, 0.1) is 12.2 Å². The van der Waals surface area contributed by atoms with Crippen LogP contribution in [0.4, 0.5) is 0 Å². The Bertz CT molecular complexity index is 174. The van der Waals surface area contributed by atoms with E-state index in [4.69, 9.17) is 4.74 Å². The fraction of sp³-hybridized carbons (Fsp3) is 1.00. The predicted octanol–water partition coefficient (Wildman–Crippen LogP) is 4.55. The van der Waals surface area contributed by atoms with Gasteiger partial charge in [-0.25, -0.2) is 0 Å². The summed E-state index contributed by atoms with van der Waals surface area (Å²) < 4.78 is 5.98. The summed E-state index contributed by atoms with van der Waals surface area (Å²) in [6, 6.07) is 0.